The first kappa shape index (κ1) is 9.67. The molecule has 12 heavy (non-hydrogen) atoms. The smallest absolute Gasteiger partial charge is 0.217 e. The lowest BCUT2D eigenvalue weighted by Gasteiger charge is -2.29. The van der Waals surface area contributed by atoms with Gasteiger partial charge in [0.05, 0.1) is 0 Å². The van der Waals surface area contributed by atoms with E-state index >= 15 is 0 Å². The fraction of sp³-hybridized carbons (Fsp3) is 0.750. The van der Waals surface area contributed by atoms with E-state index in [2.05, 4.69) is 0 Å². The Morgan fingerprint density at radius 1 is 1.58 bits per heavy atom. The third kappa shape index (κ3) is 1.51. The molecule has 1 aliphatic rings. The average Bonchev–Trinajstić information content (AvgIpc) is 2.48. The molecule has 1 rings (SSSR count). The van der Waals surface area contributed by atoms with Crippen LogP contribution in [0.15, 0.2) is 12.2 Å². The van der Waals surface area contributed by atoms with Crippen LogP contribution in [0.2, 0.25) is 0 Å². The Labute approximate surface area is 71.7 Å². The summed E-state index contributed by atoms with van der Waals surface area (Å²) in [6.45, 7) is 1.60. The Kier molecular flexibility index (Phi) is 2.85. The fourth-order valence-electron chi connectivity index (χ4n) is 1.12. The summed E-state index contributed by atoms with van der Waals surface area (Å²) >= 11 is 0. The van der Waals surface area contributed by atoms with Crippen LogP contribution < -0.4 is 0 Å². The monoisotopic (exact) mass is 174 g/mol. The lowest BCUT2D eigenvalue weighted by molar-refractivity contribution is -0.275. The second kappa shape index (κ2) is 3.53. The summed E-state index contributed by atoms with van der Waals surface area (Å²) in [6.07, 6.45) is 2.21. The van der Waals surface area contributed by atoms with Gasteiger partial charge in [-0.1, -0.05) is 0 Å². The maximum absolute atomic E-state index is 9.36. The van der Waals surface area contributed by atoms with Crippen LogP contribution in [0.5, 0.6) is 0 Å². The molecule has 1 aliphatic heterocycles. The predicted molar refractivity (Wildman–Crippen MR) is 42.4 cm³/mol. The van der Waals surface area contributed by atoms with Crippen molar-refractivity contribution in [3.63, 3.8) is 0 Å². The van der Waals surface area contributed by atoms with Gasteiger partial charge in [-0.3, -0.25) is 0 Å². The lowest BCUT2D eigenvalue weighted by Crippen LogP contribution is -2.42. The summed E-state index contributed by atoms with van der Waals surface area (Å²) in [7, 11) is 3.01. The molecule has 4 heteroatoms. The molecule has 0 aromatic heterocycles. The second-order valence-electron chi connectivity index (χ2n) is 2.68. The third-order valence-electron chi connectivity index (χ3n) is 1.92. The van der Waals surface area contributed by atoms with E-state index in [1.807, 2.05) is 0 Å². The van der Waals surface area contributed by atoms with Gasteiger partial charge in [-0.25, -0.2) is 0 Å². The fourth-order valence-corrected chi connectivity index (χ4v) is 1.12. The Morgan fingerprint density at radius 2 is 2.25 bits per heavy atom. The summed E-state index contributed by atoms with van der Waals surface area (Å²) in [5.74, 6) is -1.04. The van der Waals surface area contributed by atoms with E-state index in [9.17, 15) is 5.11 Å². The van der Waals surface area contributed by atoms with E-state index in [1.54, 1.807) is 19.1 Å². The van der Waals surface area contributed by atoms with Crippen LogP contribution in [0.1, 0.15) is 6.92 Å². The highest BCUT2D eigenvalue weighted by atomic mass is 16.8. The summed E-state index contributed by atoms with van der Waals surface area (Å²) < 4.78 is 15.3. The number of hydrogen-bond donors (Lipinski definition) is 1. The molecule has 0 aromatic rings. The van der Waals surface area contributed by atoms with Crippen molar-refractivity contribution in [2.24, 2.45) is 0 Å². The number of rotatable bonds is 3. The van der Waals surface area contributed by atoms with Crippen LogP contribution in [0, 0.1) is 0 Å². The Morgan fingerprint density at radius 3 is 2.50 bits per heavy atom. The normalized spacial score (nSPS) is 37.2. The largest absolute Gasteiger partial charge is 0.387 e. The second-order valence-corrected chi connectivity index (χ2v) is 2.68. The zero-order valence-corrected chi connectivity index (χ0v) is 7.48. The van der Waals surface area contributed by atoms with Gasteiger partial charge in [0.2, 0.25) is 5.79 Å². The number of ether oxygens (including phenoxy) is 3. The summed E-state index contributed by atoms with van der Waals surface area (Å²) in [5.41, 5.74) is 0. The van der Waals surface area contributed by atoms with Gasteiger partial charge in [0.1, 0.15) is 6.10 Å². The van der Waals surface area contributed by atoms with Crippen LogP contribution in [0.4, 0.5) is 0 Å². The molecule has 0 spiro atoms. The molecule has 0 bridgehead atoms. The zero-order valence-electron chi connectivity index (χ0n) is 7.48. The van der Waals surface area contributed by atoms with E-state index < -0.39 is 18.2 Å². The highest BCUT2D eigenvalue weighted by Crippen LogP contribution is 2.27. The Bertz CT molecular complexity index is 178. The van der Waals surface area contributed by atoms with Gasteiger partial charge in [0.15, 0.2) is 6.29 Å². The molecule has 0 aliphatic carbocycles. The van der Waals surface area contributed by atoms with Crippen molar-refractivity contribution in [3.05, 3.63) is 12.2 Å². The molecule has 0 aromatic carbocycles. The molecule has 1 heterocycles. The molecule has 70 valence electrons. The molecular weight excluding hydrogens is 160 g/mol. The highest BCUT2D eigenvalue weighted by Gasteiger charge is 2.40. The van der Waals surface area contributed by atoms with Crippen molar-refractivity contribution in [3.8, 4) is 0 Å². The standard InChI is InChI=1S/C8H14O4/c1-6(9)8(11-3)5-4-7(10-2)12-8/h4-7,9H,1-3H3/t6-,7+,8-/m0/s1. The van der Waals surface area contributed by atoms with Crippen molar-refractivity contribution in [1.29, 1.82) is 0 Å². The third-order valence-corrected chi connectivity index (χ3v) is 1.92. The number of aliphatic hydroxyl groups is 1. The minimum Gasteiger partial charge on any atom is -0.387 e. The Hall–Kier alpha value is -0.420. The van der Waals surface area contributed by atoms with Gasteiger partial charge in [-0.05, 0) is 19.1 Å². The van der Waals surface area contributed by atoms with Gasteiger partial charge in [-0.2, -0.15) is 0 Å². The average molecular weight is 174 g/mol. The maximum Gasteiger partial charge on any atom is 0.217 e. The van der Waals surface area contributed by atoms with E-state index in [0.29, 0.717) is 0 Å². The molecular formula is C8H14O4. The van der Waals surface area contributed by atoms with Crippen molar-refractivity contribution in [2.75, 3.05) is 14.2 Å². The van der Waals surface area contributed by atoms with E-state index in [1.165, 1.54) is 14.2 Å². The van der Waals surface area contributed by atoms with Gasteiger partial charge in [0.25, 0.3) is 0 Å². The molecule has 0 fully saturated rings. The first-order chi connectivity index (χ1) is 5.64. The quantitative estimate of drug-likeness (QED) is 0.624. The Balaban J connectivity index is 2.68. The van der Waals surface area contributed by atoms with Crippen LogP contribution >= 0.6 is 0 Å². The molecule has 0 radical (unpaired) electrons. The first-order valence-electron chi connectivity index (χ1n) is 3.78. The van der Waals surface area contributed by atoms with E-state index in [-0.39, 0.29) is 0 Å². The van der Waals surface area contributed by atoms with Crippen molar-refractivity contribution in [1.82, 2.24) is 0 Å². The molecule has 0 unspecified atom stereocenters. The molecule has 0 saturated heterocycles. The first-order valence-corrected chi connectivity index (χ1v) is 3.78. The van der Waals surface area contributed by atoms with Crippen LogP contribution in [-0.4, -0.2) is 37.5 Å². The molecule has 3 atom stereocenters. The maximum atomic E-state index is 9.36. The van der Waals surface area contributed by atoms with E-state index in [4.69, 9.17) is 14.2 Å². The molecule has 0 amide bonds. The highest BCUT2D eigenvalue weighted by molar-refractivity contribution is 5.07. The van der Waals surface area contributed by atoms with Crippen LogP contribution in [0.25, 0.3) is 0 Å². The van der Waals surface area contributed by atoms with Crippen LogP contribution in [0.3, 0.4) is 0 Å². The van der Waals surface area contributed by atoms with Crippen molar-refractivity contribution in [2.45, 2.75) is 25.1 Å². The van der Waals surface area contributed by atoms with Crippen molar-refractivity contribution >= 4 is 0 Å². The molecule has 0 saturated carbocycles. The summed E-state index contributed by atoms with van der Waals surface area (Å²) in [5, 5.41) is 9.36. The molecule has 1 N–H and O–H groups in total. The van der Waals surface area contributed by atoms with Gasteiger partial charge < -0.3 is 19.3 Å². The number of aliphatic hydroxyl groups excluding tert-OH is 1. The summed E-state index contributed by atoms with van der Waals surface area (Å²) in [6, 6.07) is 0. The number of methoxy groups -OCH3 is 2. The summed E-state index contributed by atoms with van der Waals surface area (Å²) in [4.78, 5) is 0. The minimum atomic E-state index is -1.04. The molecule has 4 nitrogen and oxygen atoms in total. The predicted octanol–water partition coefficient (Wildman–Crippen LogP) is 0.269. The van der Waals surface area contributed by atoms with Gasteiger partial charge >= 0.3 is 0 Å². The zero-order chi connectivity index (χ0) is 9.19. The topological polar surface area (TPSA) is 47.9 Å². The van der Waals surface area contributed by atoms with Crippen LogP contribution in [-0.2, 0) is 14.2 Å². The van der Waals surface area contributed by atoms with Gasteiger partial charge in [-0.15, -0.1) is 0 Å². The van der Waals surface area contributed by atoms with Crippen molar-refractivity contribution < 1.29 is 19.3 Å². The SMILES string of the molecule is CO[C@H]1C=C[C@@](OC)([C@H](C)O)O1. The minimum absolute atomic E-state index is 0.431. The van der Waals surface area contributed by atoms with E-state index in [0.717, 1.165) is 0 Å². The lowest BCUT2D eigenvalue weighted by atomic mass is 10.2. The van der Waals surface area contributed by atoms with Gasteiger partial charge in [0, 0.05) is 14.2 Å². The number of hydrogen-bond acceptors (Lipinski definition) is 4.